The maximum atomic E-state index is 12.5. The van der Waals surface area contributed by atoms with Crippen molar-refractivity contribution in [2.75, 3.05) is 18.7 Å². The molecule has 0 aliphatic carbocycles. The van der Waals surface area contributed by atoms with E-state index in [1.54, 1.807) is 43.4 Å². The van der Waals surface area contributed by atoms with Gasteiger partial charge in [0.25, 0.3) is 0 Å². The summed E-state index contributed by atoms with van der Waals surface area (Å²) in [6, 6.07) is 9.87. The predicted molar refractivity (Wildman–Crippen MR) is 118 cm³/mol. The SMILES string of the molecule is CC(O)NN(C)c1cc(/C(CCc2cc(Cl)cc(Cl)c2)=N\OCC(F)(F)F)ccc1Cl. The van der Waals surface area contributed by atoms with E-state index in [2.05, 4.69) is 15.4 Å². The molecule has 0 amide bonds. The van der Waals surface area contributed by atoms with Crippen molar-refractivity contribution in [1.29, 1.82) is 0 Å². The van der Waals surface area contributed by atoms with Crippen molar-refractivity contribution in [3.05, 3.63) is 62.6 Å². The van der Waals surface area contributed by atoms with Crippen LogP contribution >= 0.6 is 34.8 Å². The molecule has 0 saturated heterocycles. The maximum Gasteiger partial charge on any atom is 0.425 e. The van der Waals surface area contributed by atoms with E-state index in [1.165, 1.54) is 11.9 Å². The molecule has 0 bridgehead atoms. The Morgan fingerprint density at radius 3 is 2.39 bits per heavy atom. The summed E-state index contributed by atoms with van der Waals surface area (Å²) >= 11 is 18.3. The van der Waals surface area contributed by atoms with Crippen LogP contribution in [0.1, 0.15) is 24.5 Å². The van der Waals surface area contributed by atoms with E-state index in [-0.39, 0.29) is 12.1 Å². The number of aliphatic hydroxyl groups is 1. The Hall–Kier alpha value is -1.71. The fraction of sp³-hybridized carbons (Fsp3) is 0.350. The standard InChI is InChI=1S/C20H21Cl3F3N3O2/c1-12(30)27-29(2)19-9-14(4-5-17(19)23)18(28-31-11-20(24,25)26)6-3-13-7-15(21)10-16(22)8-13/h4-5,7-10,12,27,30H,3,6,11H2,1-2H3/b28-18-. The van der Waals surface area contributed by atoms with Crippen LogP contribution in [0.3, 0.4) is 0 Å². The summed E-state index contributed by atoms with van der Waals surface area (Å²) in [5.74, 6) is 0. The number of alkyl halides is 3. The number of hydrazine groups is 1. The predicted octanol–water partition coefficient (Wildman–Crippen LogP) is 5.84. The topological polar surface area (TPSA) is 57.1 Å². The molecule has 170 valence electrons. The fourth-order valence-electron chi connectivity index (χ4n) is 2.74. The molecule has 1 unspecified atom stereocenters. The Bertz CT molecular complexity index is 904. The van der Waals surface area contributed by atoms with Gasteiger partial charge < -0.3 is 15.0 Å². The maximum absolute atomic E-state index is 12.5. The number of nitrogens with zero attached hydrogens (tertiary/aromatic N) is 2. The summed E-state index contributed by atoms with van der Waals surface area (Å²) < 4.78 is 37.5. The van der Waals surface area contributed by atoms with Crippen LogP contribution in [-0.4, -0.2) is 36.9 Å². The van der Waals surface area contributed by atoms with Crippen LogP contribution in [0.5, 0.6) is 0 Å². The molecule has 0 spiro atoms. The lowest BCUT2D eigenvalue weighted by Crippen LogP contribution is -2.41. The highest BCUT2D eigenvalue weighted by atomic mass is 35.5. The summed E-state index contributed by atoms with van der Waals surface area (Å²) in [6.45, 7) is 0.0195. The summed E-state index contributed by atoms with van der Waals surface area (Å²) in [5.41, 5.74) is 4.83. The number of oxime groups is 1. The molecule has 11 heteroatoms. The molecule has 2 aromatic rings. The van der Waals surface area contributed by atoms with Gasteiger partial charge in [0.1, 0.15) is 6.23 Å². The lowest BCUT2D eigenvalue weighted by atomic mass is 10.0. The number of nitrogens with one attached hydrogen (secondary N) is 1. The lowest BCUT2D eigenvalue weighted by Gasteiger charge is -2.24. The average molecular weight is 499 g/mol. The van der Waals surface area contributed by atoms with E-state index >= 15 is 0 Å². The summed E-state index contributed by atoms with van der Waals surface area (Å²) in [7, 11) is 1.64. The van der Waals surface area contributed by atoms with Gasteiger partial charge in [-0.25, -0.2) is 5.43 Å². The molecule has 5 nitrogen and oxygen atoms in total. The van der Waals surface area contributed by atoms with Gasteiger partial charge >= 0.3 is 6.18 Å². The molecule has 0 heterocycles. The molecule has 0 aliphatic rings. The highest BCUT2D eigenvalue weighted by Crippen LogP contribution is 2.27. The normalized spacial score (nSPS) is 13.3. The molecule has 2 aromatic carbocycles. The van der Waals surface area contributed by atoms with Crippen LogP contribution in [0, 0.1) is 0 Å². The minimum Gasteiger partial charge on any atom is -0.386 e. The number of aliphatic hydroxyl groups excluding tert-OH is 1. The molecule has 2 N–H and O–H groups in total. The van der Waals surface area contributed by atoms with Gasteiger partial charge in [0.2, 0.25) is 6.61 Å². The van der Waals surface area contributed by atoms with Gasteiger partial charge in [-0.05, 0) is 55.7 Å². The van der Waals surface area contributed by atoms with Crippen molar-refractivity contribution in [2.45, 2.75) is 32.2 Å². The first-order chi connectivity index (χ1) is 14.4. The smallest absolute Gasteiger partial charge is 0.386 e. The Balaban J connectivity index is 2.32. The van der Waals surface area contributed by atoms with Gasteiger partial charge in [0.15, 0.2) is 0 Å². The van der Waals surface area contributed by atoms with E-state index < -0.39 is 19.0 Å². The van der Waals surface area contributed by atoms with Crippen molar-refractivity contribution < 1.29 is 23.1 Å². The van der Waals surface area contributed by atoms with Gasteiger partial charge in [0, 0.05) is 22.7 Å². The van der Waals surface area contributed by atoms with Gasteiger partial charge in [-0.1, -0.05) is 46.0 Å². The number of hydrogen-bond donors (Lipinski definition) is 2. The van der Waals surface area contributed by atoms with Crippen molar-refractivity contribution in [2.24, 2.45) is 5.16 Å². The van der Waals surface area contributed by atoms with Gasteiger partial charge in [-0.15, -0.1) is 0 Å². The third-order valence-electron chi connectivity index (χ3n) is 4.00. The number of anilines is 1. The minimum absolute atomic E-state index is 0.253. The highest BCUT2D eigenvalue weighted by molar-refractivity contribution is 6.34. The number of benzene rings is 2. The second kappa shape index (κ2) is 11.2. The van der Waals surface area contributed by atoms with Crippen LogP contribution in [0.2, 0.25) is 15.1 Å². The van der Waals surface area contributed by atoms with Crippen molar-refractivity contribution in [3.8, 4) is 0 Å². The Kier molecular flexibility index (Phi) is 9.27. The van der Waals surface area contributed by atoms with Crippen LogP contribution in [0.25, 0.3) is 0 Å². The largest absolute Gasteiger partial charge is 0.425 e. The summed E-state index contributed by atoms with van der Waals surface area (Å²) in [5, 5.41) is 16.0. The number of halogens is 6. The van der Waals surface area contributed by atoms with Crippen LogP contribution in [0.15, 0.2) is 41.6 Å². The van der Waals surface area contributed by atoms with Crippen LogP contribution in [0.4, 0.5) is 18.9 Å². The quantitative estimate of drug-likeness (QED) is 0.259. The lowest BCUT2D eigenvalue weighted by molar-refractivity contribution is -0.173. The molecular weight excluding hydrogens is 478 g/mol. The number of aryl methyl sites for hydroxylation is 1. The number of rotatable bonds is 9. The van der Waals surface area contributed by atoms with E-state index in [4.69, 9.17) is 34.8 Å². The van der Waals surface area contributed by atoms with Crippen LogP contribution < -0.4 is 10.4 Å². The molecule has 0 aliphatic heterocycles. The number of hydrogen-bond acceptors (Lipinski definition) is 5. The van der Waals surface area contributed by atoms with Gasteiger partial charge in [-0.2, -0.15) is 13.2 Å². The van der Waals surface area contributed by atoms with Crippen LogP contribution in [-0.2, 0) is 11.3 Å². The second-order valence-electron chi connectivity index (χ2n) is 6.73. The highest BCUT2D eigenvalue weighted by Gasteiger charge is 2.28. The first-order valence-electron chi connectivity index (χ1n) is 9.13. The van der Waals surface area contributed by atoms with Crippen molar-refractivity contribution >= 4 is 46.2 Å². The first kappa shape index (κ1) is 25.5. The van der Waals surface area contributed by atoms with E-state index in [0.29, 0.717) is 32.7 Å². The van der Waals surface area contributed by atoms with E-state index in [9.17, 15) is 18.3 Å². The van der Waals surface area contributed by atoms with Crippen molar-refractivity contribution in [3.63, 3.8) is 0 Å². The summed E-state index contributed by atoms with van der Waals surface area (Å²) in [4.78, 5) is 4.55. The Morgan fingerprint density at radius 2 is 1.81 bits per heavy atom. The Labute approximate surface area is 193 Å². The third kappa shape index (κ3) is 8.74. The van der Waals surface area contributed by atoms with Gasteiger partial charge in [-0.3, -0.25) is 0 Å². The molecule has 31 heavy (non-hydrogen) atoms. The van der Waals surface area contributed by atoms with E-state index in [1.807, 2.05) is 0 Å². The zero-order valence-electron chi connectivity index (χ0n) is 16.7. The molecule has 2 rings (SSSR count). The molecule has 0 radical (unpaired) electrons. The van der Waals surface area contributed by atoms with Crippen molar-refractivity contribution in [1.82, 2.24) is 5.43 Å². The van der Waals surface area contributed by atoms with Gasteiger partial charge in [0.05, 0.1) is 16.4 Å². The fourth-order valence-corrected chi connectivity index (χ4v) is 3.56. The Morgan fingerprint density at radius 1 is 1.16 bits per heavy atom. The van der Waals surface area contributed by atoms with E-state index in [0.717, 1.165) is 5.56 Å². The third-order valence-corrected chi connectivity index (χ3v) is 4.75. The molecule has 1 atom stereocenters. The molecule has 0 fully saturated rings. The molecular formula is C20H21Cl3F3N3O2. The second-order valence-corrected chi connectivity index (χ2v) is 8.01. The average Bonchev–Trinajstić information content (AvgIpc) is 2.62. The zero-order valence-corrected chi connectivity index (χ0v) is 18.9. The summed E-state index contributed by atoms with van der Waals surface area (Å²) in [6.07, 6.45) is -4.69. The monoisotopic (exact) mass is 497 g/mol. The molecule has 0 saturated carbocycles. The minimum atomic E-state index is -4.51. The first-order valence-corrected chi connectivity index (χ1v) is 10.3. The molecule has 0 aromatic heterocycles. The zero-order chi connectivity index (χ0) is 23.2.